The van der Waals surface area contributed by atoms with E-state index in [-0.39, 0.29) is 12.5 Å². The number of hydrogen-bond acceptors (Lipinski definition) is 5. The third-order valence-corrected chi connectivity index (χ3v) is 6.40. The Labute approximate surface area is 210 Å². The number of anilines is 2. The lowest BCUT2D eigenvalue weighted by Gasteiger charge is -2.36. The van der Waals surface area contributed by atoms with Gasteiger partial charge in [0.15, 0.2) is 6.61 Å². The predicted octanol–water partition coefficient (Wildman–Crippen LogP) is 5.34. The van der Waals surface area contributed by atoms with Crippen LogP contribution in [0.3, 0.4) is 0 Å². The summed E-state index contributed by atoms with van der Waals surface area (Å²) in [7, 11) is 1.60. The summed E-state index contributed by atoms with van der Waals surface area (Å²) in [5.41, 5.74) is 2.74. The molecule has 0 radical (unpaired) electrons. The molecule has 1 aliphatic heterocycles. The molecule has 1 heterocycles. The first-order chi connectivity index (χ1) is 16.5. The summed E-state index contributed by atoms with van der Waals surface area (Å²) in [6, 6.07) is 20.6. The molecule has 6 nitrogen and oxygen atoms in total. The van der Waals surface area contributed by atoms with Crippen LogP contribution in [-0.2, 0) is 11.3 Å². The minimum absolute atomic E-state index is 0.0981. The van der Waals surface area contributed by atoms with Crippen molar-refractivity contribution in [2.75, 3.05) is 50.1 Å². The van der Waals surface area contributed by atoms with Crippen molar-refractivity contribution < 1.29 is 14.3 Å². The largest absolute Gasteiger partial charge is 0.497 e. The normalized spacial score (nSPS) is 14.0. The van der Waals surface area contributed by atoms with E-state index in [4.69, 9.17) is 32.7 Å². The fourth-order valence-corrected chi connectivity index (χ4v) is 4.37. The first-order valence-corrected chi connectivity index (χ1v) is 11.8. The van der Waals surface area contributed by atoms with Crippen molar-refractivity contribution in [3.05, 3.63) is 82.3 Å². The SMILES string of the molecule is COc1ccc(OCC(=O)Nc2ccc(N3CCN(Cc4ccccc4Cl)CC3)c(Cl)c2)cc1. The molecule has 178 valence electrons. The quantitative estimate of drug-likeness (QED) is 0.453. The molecule has 0 atom stereocenters. The molecule has 1 amide bonds. The van der Waals surface area contributed by atoms with Gasteiger partial charge in [0.25, 0.3) is 5.91 Å². The second kappa shape index (κ2) is 11.5. The van der Waals surface area contributed by atoms with E-state index in [0.29, 0.717) is 16.5 Å². The Morgan fingerprint density at radius 3 is 2.29 bits per heavy atom. The molecule has 1 aliphatic rings. The summed E-state index contributed by atoms with van der Waals surface area (Å²) < 4.78 is 10.6. The van der Waals surface area contributed by atoms with E-state index in [9.17, 15) is 4.79 Å². The number of ether oxygens (including phenoxy) is 2. The maximum atomic E-state index is 12.3. The van der Waals surface area contributed by atoms with Gasteiger partial charge in [-0.3, -0.25) is 9.69 Å². The molecule has 0 saturated carbocycles. The summed E-state index contributed by atoms with van der Waals surface area (Å²) in [5.74, 6) is 1.07. The van der Waals surface area contributed by atoms with E-state index in [1.54, 1.807) is 37.4 Å². The summed E-state index contributed by atoms with van der Waals surface area (Å²) in [6.07, 6.45) is 0. The summed E-state index contributed by atoms with van der Waals surface area (Å²) in [5, 5.41) is 4.24. The van der Waals surface area contributed by atoms with Gasteiger partial charge in [0.2, 0.25) is 0 Å². The molecule has 1 N–H and O–H groups in total. The zero-order chi connectivity index (χ0) is 23.9. The number of piperazine rings is 1. The van der Waals surface area contributed by atoms with Crippen LogP contribution in [0.5, 0.6) is 11.5 Å². The molecule has 1 fully saturated rings. The van der Waals surface area contributed by atoms with Gasteiger partial charge in [-0.1, -0.05) is 41.4 Å². The summed E-state index contributed by atoms with van der Waals surface area (Å²) >= 11 is 12.9. The number of amides is 1. The molecule has 0 aromatic heterocycles. The molecular formula is C26H27Cl2N3O3. The van der Waals surface area contributed by atoms with E-state index in [1.165, 1.54) is 0 Å². The number of hydrogen-bond donors (Lipinski definition) is 1. The lowest BCUT2D eigenvalue weighted by Crippen LogP contribution is -2.46. The highest BCUT2D eigenvalue weighted by Crippen LogP contribution is 2.30. The first kappa shape index (κ1) is 24.2. The van der Waals surface area contributed by atoms with Crippen molar-refractivity contribution in [2.24, 2.45) is 0 Å². The number of rotatable bonds is 8. The maximum Gasteiger partial charge on any atom is 0.262 e. The zero-order valence-electron chi connectivity index (χ0n) is 19.0. The van der Waals surface area contributed by atoms with Crippen molar-refractivity contribution in [3.8, 4) is 11.5 Å². The minimum Gasteiger partial charge on any atom is -0.497 e. The topological polar surface area (TPSA) is 54.0 Å². The van der Waals surface area contributed by atoms with E-state index >= 15 is 0 Å². The lowest BCUT2D eigenvalue weighted by molar-refractivity contribution is -0.118. The second-order valence-corrected chi connectivity index (χ2v) is 8.85. The van der Waals surface area contributed by atoms with Crippen LogP contribution < -0.4 is 19.7 Å². The van der Waals surface area contributed by atoms with Crippen molar-refractivity contribution in [3.63, 3.8) is 0 Å². The van der Waals surface area contributed by atoms with Gasteiger partial charge in [0.1, 0.15) is 11.5 Å². The number of benzene rings is 3. The minimum atomic E-state index is -0.257. The highest BCUT2D eigenvalue weighted by atomic mass is 35.5. The van der Waals surface area contributed by atoms with E-state index in [0.717, 1.165) is 54.7 Å². The van der Waals surface area contributed by atoms with Gasteiger partial charge >= 0.3 is 0 Å². The predicted molar refractivity (Wildman–Crippen MR) is 138 cm³/mol. The Hall–Kier alpha value is -2.93. The molecule has 0 aliphatic carbocycles. The molecule has 0 unspecified atom stereocenters. The van der Waals surface area contributed by atoms with Gasteiger partial charge in [-0.2, -0.15) is 0 Å². The van der Waals surface area contributed by atoms with Gasteiger partial charge < -0.3 is 19.7 Å². The number of carbonyl (C=O) groups excluding carboxylic acids is 1. The van der Waals surface area contributed by atoms with Crippen LogP contribution in [0, 0.1) is 0 Å². The van der Waals surface area contributed by atoms with Gasteiger partial charge in [0.05, 0.1) is 17.8 Å². The third kappa shape index (κ3) is 6.35. The van der Waals surface area contributed by atoms with Crippen LogP contribution in [0.2, 0.25) is 10.0 Å². The van der Waals surface area contributed by atoms with Gasteiger partial charge in [-0.25, -0.2) is 0 Å². The standard InChI is InChI=1S/C26H27Cl2N3O3/c1-33-21-7-9-22(10-8-21)34-18-26(32)29-20-6-11-25(24(28)16-20)31-14-12-30(13-15-31)17-19-4-2-3-5-23(19)27/h2-11,16H,12-15,17-18H2,1H3,(H,29,32). The van der Waals surface area contributed by atoms with E-state index in [2.05, 4.69) is 21.2 Å². The molecule has 0 spiro atoms. The maximum absolute atomic E-state index is 12.3. The number of halogens is 2. The van der Waals surface area contributed by atoms with Crippen LogP contribution in [0.15, 0.2) is 66.7 Å². The van der Waals surface area contributed by atoms with Crippen LogP contribution >= 0.6 is 23.2 Å². The van der Waals surface area contributed by atoms with Gasteiger partial charge in [-0.05, 0) is 54.1 Å². The van der Waals surface area contributed by atoms with Crippen LogP contribution in [-0.4, -0.2) is 50.7 Å². The van der Waals surface area contributed by atoms with Gasteiger partial charge in [-0.15, -0.1) is 0 Å². The molecule has 4 rings (SSSR count). The van der Waals surface area contributed by atoms with Crippen molar-refractivity contribution in [2.45, 2.75) is 6.54 Å². The van der Waals surface area contributed by atoms with Gasteiger partial charge in [0, 0.05) is 43.4 Å². The highest BCUT2D eigenvalue weighted by Gasteiger charge is 2.20. The molecule has 0 bridgehead atoms. The average Bonchev–Trinajstić information content (AvgIpc) is 2.85. The molecule has 8 heteroatoms. The van der Waals surface area contributed by atoms with Crippen molar-refractivity contribution >= 4 is 40.5 Å². The molecule has 3 aromatic carbocycles. The second-order valence-electron chi connectivity index (χ2n) is 8.03. The monoisotopic (exact) mass is 499 g/mol. The van der Waals surface area contributed by atoms with Crippen LogP contribution in [0.4, 0.5) is 11.4 Å². The number of carbonyl (C=O) groups is 1. The van der Waals surface area contributed by atoms with Crippen molar-refractivity contribution in [1.29, 1.82) is 0 Å². The highest BCUT2D eigenvalue weighted by molar-refractivity contribution is 6.33. The van der Waals surface area contributed by atoms with E-state index in [1.807, 2.05) is 30.3 Å². The summed E-state index contributed by atoms with van der Waals surface area (Å²) in [4.78, 5) is 16.9. The molecular weight excluding hydrogens is 473 g/mol. The number of nitrogens with zero attached hydrogens (tertiary/aromatic N) is 2. The fraction of sp³-hybridized carbons (Fsp3) is 0.269. The summed E-state index contributed by atoms with van der Waals surface area (Å²) in [6.45, 7) is 4.31. The average molecular weight is 500 g/mol. The molecule has 3 aromatic rings. The number of nitrogens with one attached hydrogen (secondary N) is 1. The Kier molecular flexibility index (Phi) is 8.16. The molecule has 1 saturated heterocycles. The zero-order valence-corrected chi connectivity index (χ0v) is 20.5. The van der Waals surface area contributed by atoms with Crippen molar-refractivity contribution in [1.82, 2.24) is 4.90 Å². The van der Waals surface area contributed by atoms with Crippen LogP contribution in [0.25, 0.3) is 0 Å². The fourth-order valence-electron chi connectivity index (χ4n) is 3.87. The molecule has 34 heavy (non-hydrogen) atoms. The Morgan fingerprint density at radius 2 is 1.62 bits per heavy atom. The number of methoxy groups -OCH3 is 1. The third-order valence-electron chi connectivity index (χ3n) is 5.73. The van der Waals surface area contributed by atoms with E-state index < -0.39 is 0 Å². The Bertz CT molecular complexity index is 1120. The Balaban J connectivity index is 1.27. The smallest absolute Gasteiger partial charge is 0.262 e. The lowest BCUT2D eigenvalue weighted by atomic mass is 10.2. The van der Waals surface area contributed by atoms with Crippen LogP contribution in [0.1, 0.15) is 5.56 Å². The first-order valence-electron chi connectivity index (χ1n) is 11.1. The Morgan fingerprint density at radius 1 is 0.912 bits per heavy atom.